The van der Waals surface area contributed by atoms with Crippen molar-refractivity contribution >= 4 is 11.9 Å². The number of aromatic nitrogens is 2. The maximum absolute atomic E-state index is 13.5. The van der Waals surface area contributed by atoms with Crippen LogP contribution in [0, 0.1) is 23.2 Å². The van der Waals surface area contributed by atoms with E-state index in [2.05, 4.69) is 20.2 Å². The van der Waals surface area contributed by atoms with Gasteiger partial charge in [-0.05, 0) is 30.7 Å². The number of piperidine rings is 1. The van der Waals surface area contributed by atoms with Gasteiger partial charge in [0.2, 0.25) is 11.9 Å². The predicted molar refractivity (Wildman–Crippen MR) is 92.9 cm³/mol. The van der Waals surface area contributed by atoms with Crippen LogP contribution in [0.3, 0.4) is 0 Å². The van der Waals surface area contributed by atoms with E-state index in [1.165, 1.54) is 0 Å². The summed E-state index contributed by atoms with van der Waals surface area (Å²) in [6.07, 6.45) is 5.00. The Labute approximate surface area is 156 Å². The molecule has 1 saturated carbocycles. The molecule has 0 spiro atoms. The molecular formula is C18H22F2N6O. The van der Waals surface area contributed by atoms with Crippen LogP contribution in [0.4, 0.5) is 14.7 Å². The highest BCUT2D eigenvalue weighted by atomic mass is 19.3. The smallest absolute Gasteiger partial charge is 0.268 e. The second kappa shape index (κ2) is 7.00. The van der Waals surface area contributed by atoms with E-state index >= 15 is 0 Å². The lowest BCUT2D eigenvalue weighted by Gasteiger charge is -2.38. The van der Waals surface area contributed by atoms with Gasteiger partial charge in [-0.25, -0.2) is 18.7 Å². The Bertz CT molecular complexity index is 725. The zero-order valence-electron chi connectivity index (χ0n) is 14.9. The van der Waals surface area contributed by atoms with Crippen molar-refractivity contribution in [3.8, 4) is 6.07 Å². The first-order chi connectivity index (χ1) is 13.0. The molecule has 1 aliphatic carbocycles. The number of carbonyl (C=O) groups is 1. The molecule has 0 aromatic carbocycles. The molecule has 2 unspecified atom stereocenters. The van der Waals surface area contributed by atoms with Crippen molar-refractivity contribution in [2.24, 2.45) is 11.8 Å². The minimum atomic E-state index is -2.98. The van der Waals surface area contributed by atoms with E-state index < -0.39 is 30.8 Å². The largest absolute Gasteiger partial charge is 0.340 e. The highest BCUT2D eigenvalue weighted by molar-refractivity contribution is 5.79. The fourth-order valence-electron chi connectivity index (χ4n) is 4.67. The Morgan fingerprint density at radius 2 is 1.96 bits per heavy atom. The van der Waals surface area contributed by atoms with Gasteiger partial charge in [-0.2, -0.15) is 5.26 Å². The number of halogens is 2. The number of amides is 1. The number of carbonyl (C=O) groups excluding carboxylic acids is 1. The number of hydrogen-bond acceptors (Lipinski definition) is 6. The summed E-state index contributed by atoms with van der Waals surface area (Å²) < 4.78 is 27.1. The fourth-order valence-corrected chi connectivity index (χ4v) is 4.67. The summed E-state index contributed by atoms with van der Waals surface area (Å²) in [7, 11) is 0. The van der Waals surface area contributed by atoms with E-state index in [1.54, 1.807) is 18.5 Å². The van der Waals surface area contributed by atoms with E-state index in [4.69, 9.17) is 5.26 Å². The first kappa shape index (κ1) is 18.0. The quantitative estimate of drug-likeness (QED) is 0.845. The van der Waals surface area contributed by atoms with Gasteiger partial charge in [0.25, 0.3) is 5.92 Å². The second-order valence-electron chi connectivity index (χ2n) is 7.68. The molecule has 27 heavy (non-hydrogen) atoms. The average Bonchev–Trinajstić information content (AvgIpc) is 3.11. The van der Waals surface area contributed by atoms with Crippen LogP contribution in [-0.4, -0.2) is 65.0 Å². The minimum Gasteiger partial charge on any atom is -0.340 e. The van der Waals surface area contributed by atoms with Crippen LogP contribution >= 0.6 is 0 Å². The van der Waals surface area contributed by atoms with Crippen LogP contribution in [0.25, 0.3) is 0 Å². The Hall–Kier alpha value is -2.34. The molecule has 1 N–H and O–H groups in total. The van der Waals surface area contributed by atoms with Crippen LogP contribution < -0.4 is 10.2 Å². The van der Waals surface area contributed by atoms with Gasteiger partial charge >= 0.3 is 0 Å². The van der Waals surface area contributed by atoms with Gasteiger partial charge in [0.15, 0.2) is 0 Å². The van der Waals surface area contributed by atoms with Crippen molar-refractivity contribution in [1.82, 2.24) is 20.2 Å². The SMILES string of the molecule is N#C[C@@H]1CC(F)(F)CN1C(=O)CNC1C2CCC1CN(c1ncccn1)C2. The molecule has 4 rings (SSSR count). The number of hydrogen-bond donors (Lipinski definition) is 1. The summed E-state index contributed by atoms with van der Waals surface area (Å²) in [6, 6.07) is 2.74. The number of fused-ring (bicyclic) bond motifs is 2. The molecule has 3 fully saturated rings. The Morgan fingerprint density at radius 1 is 1.30 bits per heavy atom. The first-order valence-electron chi connectivity index (χ1n) is 9.29. The Morgan fingerprint density at radius 3 is 2.59 bits per heavy atom. The van der Waals surface area contributed by atoms with Crippen molar-refractivity contribution in [1.29, 1.82) is 5.26 Å². The molecule has 1 aromatic rings. The molecule has 2 bridgehead atoms. The number of anilines is 1. The molecule has 2 aliphatic heterocycles. The van der Waals surface area contributed by atoms with Gasteiger partial charge in [0.05, 0.1) is 19.2 Å². The second-order valence-corrected chi connectivity index (χ2v) is 7.68. The van der Waals surface area contributed by atoms with Crippen LogP contribution in [0.5, 0.6) is 0 Å². The number of nitriles is 1. The molecule has 0 radical (unpaired) electrons. The summed E-state index contributed by atoms with van der Waals surface area (Å²) in [6.45, 7) is 0.958. The number of nitrogens with zero attached hydrogens (tertiary/aromatic N) is 5. The summed E-state index contributed by atoms with van der Waals surface area (Å²) >= 11 is 0. The van der Waals surface area contributed by atoms with E-state index in [-0.39, 0.29) is 12.6 Å². The number of nitrogens with one attached hydrogen (secondary N) is 1. The standard InChI is InChI=1S/C18H22F2N6O/c19-18(20)6-14(7-21)26(11-18)15(27)8-24-16-12-2-3-13(16)10-25(9-12)17-22-4-1-5-23-17/h1,4-5,12-14,16,24H,2-3,6,8-11H2/t12?,13?,14-,16?/m0/s1. The normalized spacial score (nSPS) is 31.7. The maximum Gasteiger partial charge on any atom is 0.268 e. The average molecular weight is 376 g/mol. The van der Waals surface area contributed by atoms with Gasteiger partial charge in [0, 0.05) is 37.9 Å². The third kappa shape index (κ3) is 3.58. The molecule has 144 valence electrons. The van der Waals surface area contributed by atoms with Crippen molar-refractivity contribution in [3.63, 3.8) is 0 Å². The lowest BCUT2D eigenvalue weighted by molar-refractivity contribution is -0.131. The maximum atomic E-state index is 13.5. The molecule has 7 nitrogen and oxygen atoms in total. The van der Waals surface area contributed by atoms with E-state index in [0.717, 1.165) is 36.8 Å². The molecular weight excluding hydrogens is 354 g/mol. The molecule has 2 saturated heterocycles. The minimum absolute atomic E-state index is 0.00619. The zero-order chi connectivity index (χ0) is 19.0. The summed E-state index contributed by atoms with van der Waals surface area (Å²) in [5.74, 6) is -1.94. The van der Waals surface area contributed by atoms with Crippen LogP contribution in [0.2, 0.25) is 0 Å². The van der Waals surface area contributed by atoms with E-state index in [1.807, 2.05) is 6.07 Å². The predicted octanol–water partition coefficient (Wildman–Crippen LogP) is 1.04. The van der Waals surface area contributed by atoms with Gasteiger partial charge in [0.1, 0.15) is 6.04 Å². The lowest BCUT2D eigenvalue weighted by atomic mass is 9.92. The highest BCUT2D eigenvalue weighted by Gasteiger charge is 2.48. The molecule has 3 atom stereocenters. The third-order valence-electron chi connectivity index (χ3n) is 5.90. The van der Waals surface area contributed by atoms with Gasteiger partial charge in [-0.15, -0.1) is 0 Å². The summed E-state index contributed by atoms with van der Waals surface area (Å²) in [4.78, 5) is 24.2. The number of rotatable bonds is 4. The van der Waals surface area contributed by atoms with Crippen LogP contribution in [0.15, 0.2) is 18.5 Å². The van der Waals surface area contributed by atoms with Crippen molar-refractivity contribution in [2.75, 3.05) is 31.1 Å². The molecule has 1 amide bonds. The lowest BCUT2D eigenvalue weighted by Crippen LogP contribution is -2.54. The van der Waals surface area contributed by atoms with Crippen LogP contribution in [-0.2, 0) is 4.79 Å². The van der Waals surface area contributed by atoms with Gasteiger partial charge < -0.3 is 15.1 Å². The van der Waals surface area contributed by atoms with Crippen molar-refractivity contribution in [2.45, 2.75) is 37.3 Å². The van der Waals surface area contributed by atoms with Crippen LogP contribution in [0.1, 0.15) is 19.3 Å². The highest BCUT2D eigenvalue weighted by Crippen LogP contribution is 2.38. The van der Waals surface area contributed by atoms with Gasteiger partial charge in [-0.3, -0.25) is 4.79 Å². The number of alkyl halides is 2. The fraction of sp³-hybridized carbons (Fsp3) is 0.667. The Kier molecular flexibility index (Phi) is 4.68. The molecule has 3 heterocycles. The number of likely N-dealkylation sites (tertiary alicyclic amines) is 1. The summed E-state index contributed by atoms with van der Waals surface area (Å²) in [5.41, 5.74) is 0. The molecule has 3 aliphatic rings. The summed E-state index contributed by atoms with van der Waals surface area (Å²) in [5, 5.41) is 12.3. The van der Waals surface area contributed by atoms with E-state index in [9.17, 15) is 13.6 Å². The molecule has 9 heteroatoms. The topological polar surface area (TPSA) is 85.2 Å². The van der Waals surface area contributed by atoms with Gasteiger partial charge in [-0.1, -0.05) is 0 Å². The zero-order valence-corrected chi connectivity index (χ0v) is 14.9. The molecule has 1 aromatic heterocycles. The van der Waals surface area contributed by atoms with Crippen molar-refractivity contribution < 1.29 is 13.6 Å². The van der Waals surface area contributed by atoms with Crippen molar-refractivity contribution in [3.05, 3.63) is 18.5 Å². The Balaban J connectivity index is 1.35. The first-order valence-corrected chi connectivity index (χ1v) is 9.29. The monoisotopic (exact) mass is 376 g/mol. The van der Waals surface area contributed by atoms with E-state index in [0.29, 0.717) is 11.8 Å². The third-order valence-corrected chi connectivity index (χ3v) is 5.90.